The molecule has 2 heteroatoms. The van der Waals surface area contributed by atoms with Crippen molar-refractivity contribution in [3.8, 4) is 0 Å². The van der Waals surface area contributed by atoms with E-state index in [-0.39, 0.29) is 5.54 Å². The van der Waals surface area contributed by atoms with Crippen molar-refractivity contribution in [2.24, 2.45) is 5.92 Å². The number of rotatable bonds is 4. The molecule has 106 valence electrons. The quantitative estimate of drug-likeness (QED) is 0.892. The molecule has 1 heterocycles. The van der Waals surface area contributed by atoms with E-state index >= 15 is 0 Å². The molecule has 0 saturated carbocycles. The molecule has 1 aromatic rings. The fraction of sp³-hybridized carbons (Fsp3) is 0.647. The summed E-state index contributed by atoms with van der Waals surface area (Å²) in [6, 6.07) is 9.07. The second kappa shape index (κ2) is 5.96. The maximum absolute atomic E-state index is 3.63. The molecule has 1 atom stereocenters. The van der Waals surface area contributed by atoms with E-state index in [1.807, 2.05) is 0 Å². The molecular formula is C17H28N2. The molecule has 1 aromatic carbocycles. The van der Waals surface area contributed by atoms with E-state index in [1.54, 1.807) is 0 Å². The van der Waals surface area contributed by atoms with E-state index in [9.17, 15) is 0 Å². The molecule has 2 nitrogen and oxygen atoms in total. The monoisotopic (exact) mass is 260 g/mol. The third-order valence-electron chi connectivity index (χ3n) is 3.92. The molecule has 1 aliphatic rings. The summed E-state index contributed by atoms with van der Waals surface area (Å²) in [5, 5.41) is 3.63. The predicted octanol–water partition coefficient (Wildman–Crippen LogP) is 3.46. The maximum Gasteiger partial charge on any atom is 0.0366 e. The lowest BCUT2D eigenvalue weighted by Crippen LogP contribution is -2.39. The first-order valence-electron chi connectivity index (χ1n) is 7.57. The molecule has 1 unspecified atom stereocenters. The van der Waals surface area contributed by atoms with Gasteiger partial charge in [-0.2, -0.15) is 0 Å². The first kappa shape index (κ1) is 14.4. The van der Waals surface area contributed by atoms with Crippen LogP contribution in [0.2, 0.25) is 0 Å². The molecule has 0 amide bonds. The molecule has 0 aromatic heterocycles. The van der Waals surface area contributed by atoms with Crippen LogP contribution in [0.25, 0.3) is 0 Å². The third-order valence-corrected chi connectivity index (χ3v) is 3.92. The van der Waals surface area contributed by atoms with Crippen LogP contribution in [0.5, 0.6) is 0 Å². The van der Waals surface area contributed by atoms with Gasteiger partial charge in [-0.25, -0.2) is 0 Å². The summed E-state index contributed by atoms with van der Waals surface area (Å²) < 4.78 is 0. The third kappa shape index (κ3) is 4.24. The van der Waals surface area contributed by atoms with Crippen LogP contribution in [0.4, 0.5) is 5.69 Å². The van der Waals surface area contributed by atoms with Crippen LogP contribution >= 0.6 is 0 Å². The van der Waals surface area contributed by atoms with Gasteiger partial charge in [0.1, 0.15) is 0 Å². The fourth-order valence-corrected chi connectivity index (χ4v) is 2.63. The zero-order valence-corrected chi connectivity index (χ0v) is 12.9. The maximum atomic E-state index is 3.63. The van der Waals surface area contributed by atoms with Crippen molar-refractivity contribution in [1.82, 2.24) is 5.32 Å². The Morgan fingerprint density at radius 1 is 1.21 bits per heavy atom. The normalized spacial score (nSPS) is 20.0. The smallest absolute Gasteiger partial charge is 0.0366 e. The molecule has 0 radical (unpaired) electrons. The van der Waals surface area contributed by atoms with Crippen molar-refractivity contribution >= 4 is 5.69 Å². The Kier molecular flexibility index (Phi) is 4.51. The van der Waals surface area contributed by atoms with Crippen molar-refractivity contribution in [2.75, 3.05) is 24.5 Å². The van der Waals surface area contributed by atoms with Gasteiger partial charge < -0.3 is 10.2 Å². The highest BCUT2D eigenvalue weighted by molar-refractivity contribution is 5.48. The molecule has 0 bridgehead atoms. The summed E-state index contributed by atoms with van der Waals surface area (Å²) in [6.07, 6.45) is 2.43. The molecule has 0 spiro atoms. The van der Waals surface area contributed by atoms with Gasteiger partial charge in [-0.1, -0.05) is 19.1 Å². The Bertz CT molecular complexity index is 389. The van der Waals surface area contributed by atoms with E-state index in [0.717, 1.165) is 18.9 Å². The average molecular weight is 260 g/mol. The molecule has 1 saturated heterocycles. The van der Waals surface area contributed by atoms with E-state index in [0.29, 0.717) is 0 Å². The zero-order valence-electron chi connectivity index (χ0n) is 12.9. The number of nitrogens with one attached hydrogen (secondary N) is 1. The summed E-state index contributed by atoms with van der Waals surface area (Å²) in [7, 11) is 0. The highest BCUT2D eigenvalue weighted by Crippen LogP contribution is 2.24. The van der Waals surface area contributed by atoms with Gasteiger partial charge in [0, 0.05) is 30.9 Å². The van der Waals surface area contributed by atoms with Crippen molar-refractivity contribution in [2.45, 2.75) is 46.1 Å². The first-order valence-corrected chi connectivity index (χ1v) is 7.57. The van der Waals surface area contributed by atoms with Crippen molar-refractivity contribution < 1.29 is 0 Å². The van der Waals surface area contributed by atoms with Gasteiger partial charge in [-0.15, -0.1) is 0 Å². The number of nitrogens with zero attached hydrogens (tertiary/aromatic N) is 1. The molecule has 19 heavy (non-hydrogen) atoms. The van der Waals surface area contributed by atoms with E-state index in [4.69, 9.17) is 0 Å². The van der Waals surface area contributed by atoms with Gasteiger partial charge in [-0.3, -0.25) is 0 Å². The molecule has 2 rings (SSSR count). The first-order chi connectivity index (χ1) is 8.98. The van der Waals surface area contributed by atoms with Crippen LogP contribution in [0.3, 0.4) is 0 Å². The highest BCUT2D eigenvalue weighted by atomic mass is 15.2. The Hall–Kier alpha value is -1.02. The molecular weight excluding hydrogens is 232 g/mol. The lowest BCUT2D eigenvalue weighted by Gasteiger charge is -2.24. The zero-order chi connectivity index (χ0) is 13.9. The number of anilines is 1. The largest absolute Gasteiger partial charge is 0.371 e. The topological polar surface area (TPSA) is 15.3 Å². The SMILES string of the molecule is CCc1ccc(N2CCC(CNC(C)(C)C)C2)cc1. The van der Waals surface area contributed by atoms with Gasteiger partial charge in [0.2, 0.25) is 0 Å². The summed E-state index contributed by atoms with van der Waals surface area (Å²) in [5.41, 5.74) is 3.04. The molecule has 1 fully saturated rings. The second-order valence-corrected chi connectivity index (χ2v) is 6.75. The Labute approximate surface area is 118 Å². The Morgan fingerprint density at radius 2 is 1.89 bits per heavy atom. The van der Waals surface area contributed by atoms with Crippen molar-refractivity contribution in [1.29, 1.82) is 0 Å². The van der Waals surface area contributed by atoms with Crippen molar-refractivity contribution in [3.05, 3.63) is 29.8 Å². The second-order valence-electron chi connectivity index (χ2n) is 6.75. The minimum atomic E-state index is 0.232. The fourth-order valence-electron chi connectivity index (χ4n) is 2.63. The van der Waals surface area contributed by atoms with Gasteiger partial charge in [0.15, 0.2) is 0 Å². The minimum Gasteiger partial charge on any atom is -0.371 e. The Morgan fingerprint density at radius 3 is 2.47 bits per heavy atom. The standard InChI is InChI=1S/C17H28N2/c1-5-14-6-8-16(9-7-14)19-11-10-15(13-19)12-18-17(2,3)4/h6-9,15,18H,5,10-13H2,1-4H3. The number of hydrogen-bond acceptors (Lipinski definition) is 2. The van der Waals surface area contributed by atoms with Crippen LogP contribution < -0.4 is 10.2 Å². The average Bonchev–Trinajstić information content (AvgIpc) is 2.84. The van der Waals surface area contributed by atoms with Crippen LogP contribution in [0.15, 0.2) is 24.3 Å². The highest BCUT2D eigenvalue weighted by Gasteiger charge is 2.23. The van der Waals surface area contributed by atoms with Gasteiger partial charge in [-0.05, 0) is 57.2 Å². The van der Waals surface area contributed by atoms with Gasteiger partial charge >= 0.3 is 0 Å². The number of aryl methyl sites for hydroxylation is 1. The number of benzene rings is 1. The predicted molar refractivity (Wildman–Crippen MR) is 83.9 cm³/mol. The molecule has 1 aliphatic heterocycles. The van der Waals surface area contributed by atoms with Crippen LogP contribution in [-0.4, -0.2) is 25.2 Å². The van der Waals surface area contributed by atoms with Crippen LogP contribution in [-0.2, 0) is 6.42 Å². The van der Waals surface area contributed by atoms with Gasteiger partial charge in [0.25, 0.3) is 0 Å². The van der Waals surface area contributed by atoms with E-state index in [2.05, 4.69) is 62.2 Å². The van der Waals surface area contributed by atoms with E-state index < -0.39 is 0 Å². The molecule has 0 aliphatic carbocycles. The summed E-state index contributed by atoms with van der Waals surface area (Å²) in [4.78, 5) is 2.52. The van der Waals surface area contributed by atoms with Crippen LogP contribution in [0.1, 0.15) is 39.7 Å². The Balaban J connectivity index is 1.87. The molecule has 1 N–H and O–H groups in total. The van der Waals surface area contributed by atoms with Gasteiger partial charge in [0.05, 0.1) is 0 Å². The summed E-state index contributed by atoms with van der Waals surface area (Å²) in [6.45, 7) is 12.4. The minimum absolute atomic E-state index is 0.232. The van der Waals surface area contributed by atoms with Crippen LogP contribution in [0, 0.1) is 5.92 Å². The lowest BCUT2D eigenvalue weighted by molar-refractivity contribution is 0.383. The summed E-state index contributed by atoms with van der Waals surface area (Å²) in [5.74, 6) is 0.782. The van der Waals surface area contributed by atoms with E-state index in [1.165, 1.54) is 30.8 Å². The number of hydrogen-bond donors (Lipinski definition) is 1. The van der Waals surface area contributed by atoms with Crippen molar-refractivity contribution in [3.63, 3.8) is 0 Å². The summed E-state index contributed by atoms with van der Waals surface area (Å²) >= 11 is 0. The lowest BCUT2D eigenvalue weighted by atomic mass is 10.1.